The van der Waals surface area contributed by atoms with Gasteiger partial charge in [-0.2, -0.15) is 5.10 Å². The quantitative estimate of drug-likeness (QED) is 0.487. The van der Waals surface area contributed by atoms with Crippen LogP contribution in [0.1, 0.15) is 26.3 Å². The van der Waals surface area contributed by atoms with Gasteiger partial charge in [0.15, 0.2) is 0 Å². The molecule has 0 spiro atoms. The molecule has 0 heterocycles. The van der Waals surface area contributed by atoms with E-state index in [1.54, 1.807) is 24.3 Å². The molecule has 0 atom stereocenters. The number of aromatic hydroxyl groups is 1. The molecule has 0 aliphatic heterocycles. The van der Waals surface area contributed by atoms with Gasteiger partial charge in [0.05, 0.1) is 23.4 Å². The van der Waals surface area contributed by atoms with Crippen molar-refractivity contribution in [3.8, 4) is 5.75 Å². The van der Waals surface area contributed by atoms with Gasteiger partial charge in [-0.05, 0) is 51.8 Å². The highest BCUT2D eigenvalue weighted by atomic mass is 79.9. The number of carbonyl (C=O) groups excluding carboxylic acids is 2. The van der Waals surface area contributed by atoms with Crippen molar-refractivity contribution in [3.63, 3.8) is 0 Å². The van der Waals surface area contributed by atoms with Gasteiger partial charge in [-0.1, -0.05) is 12.1 Å². The number of phenolic OH excluding ortho intramolecular Hbond substituents is 1. The summed E-state index contributed by atoms with van der Waals surface area (Å²) in [7, 11) is 1.31. The van der Waals surface area contributed by atoms with E-state index in [9.17, 15) is 14.7 Å². The smallest absolute Gasteiger partial charge is 0.337 e. The van der Waals surface area contributed by atoms with Crippen molar-refractivity contribution < 1.29 is 19.4 Å². The maximum absolute atomic E-state index is 11.9. The number of ether oxygens (including phenoxy) is 1. The van der Waals surface area contributed by atoms with Crippen LogP contribution in [0.2, 0.25) is 0 Å². The molecule has 2 N–H and O–H groups in total. The van der Waals surface area contributed by atoms with Crippen LogP contribution in [-0.4, -0.2) is 30.3 Å². The van der Waals surface area contributed by atoms with Crippen molar-refractivity contribution in [2.45, 2.75) is 0 Å². The Labute approximate surface area is 140 Å². The molecular formula is C16H13BrN2O4. The number of hydrogen-bond acceptors (Lipinski definition) is 5. The zero-order valence-electron chi connectivity index (χ0n) is 12.1. The van der Waals surface area contributed by atoms with Crippen molar-refractivity contribution >= 4 is 34.0 Å². The maximum Gasteiger partial charge on any atom is 0.337 e. The number of hydrazone groups is 1. The van der Waals surface area contributed by atoms with Gasteiger partial charge in [-0.3, -0.25) is 4.79 Å². The summed E-state index contributed by atoms with van der Waals surface area (Å²) >= 11 is 3.14. The van der Waals surface area contributed by atoms with Crippen LogP contribution in [-0.2, 0) is 4.74 Å². The van der Waals surface area contributed by atoms with E-state index in [0.717, 1.165) is 0 Å². The van der Waals surface area contributed by atoms with Gasteiger partial charge in [-0.25, -0.2) is 10.2 Å². The lowest BCUT2D eigenvalue weighted by Gasteiger charge is -2.02. The molecule has 0 aromatic heterocycles. The normalized spacial score (nSPS) is 10.5. The van der Waals surface area contributed by atoms with Crippen molar-refractivity contribution in [1.82, 2.24) is 5.43 Å². The van der Waals surface area contributed by atoms with Crippen LogP contribution in [0.5, 0.6) is 5.75 Å². The molecule has 23 heavy (non-hydrogen) atoms. The Hall–Kier alpha value is -2.67. The molecule has 0 saturated heterocycles. The number of rotatable bonds is 4. The summed E-state index contributed by atoms with van der Waals surface area (Å²) in [5, 5.41) is 13.2. The van der Waals surface area contributed by atoms with E-state index in [4.69, 9.17) is 0 Å². The average Bonchev–Trinajstić information content (AvgIpc) is 2.57. The molecule has 0 radical (unpaired) electrons. The number of esters is 1. The van der Waals surface area contributed by atoms with E-state index in [1.807, 2.05) is 0 Å². The number of halogens is 1. The zero-order chi connectivity index (χ0) is 16.8. The highest BCUT2D eigenvalue weighted by molar-refractivity contribution is 9.10. The van der Waals surface area contributed by atoms with Gasteiger partial charge < -0.3 is 9.84 Å². The third-order valence-electron chi connectivity index (χ3n) is 2.92. The molecular weight excluding hydrogens is 364 g/mol. The molecule has 2 aromatic carbocycles. The third kappa shape index (κ3) is 4.40. The van der Waals surface area contributed by atoms with E-state index < -0.39 is 11.9 Å². The van der Waals surface area contributed by atoms with Gasteiger partial charge in [0.25, 0.3) is 5.91 Å². The number of carbonyl (C=O) groups is 2. The molecule has 0 aliphatic rings. The molecule has 6 nitrogen and oxygen atoms in total. The summed E-state index contributed by atoms with van der Waals surface area (Å²) in [4.78, 5) is 23.2. The Balaban J connectivity index is 1.99. The van der Waals surface area contributed by atoms with Gasteiger partial charge in [-0.15, -0.1) is 0 Å². The first kappa shape index (κ1) is 16.7. The molecule has 0 saturated carbocycles. The summed E-state index contributed by atoms with van der Waals surface area (Å²) in [6, 6.07) is 11.0. The summed E-state index contributed by atoms with van der Waals surface area (Å²) in [5.74, 6) is -0.774. The number of methoxy groups -OCH3 is 1. The SMILES string of the molecule is COC(=O)c1ccc(/C=N/NC(=O)c2ccc(O)c(Br)c2)cc1. The predicted octanol–water partition coefficient (Wildman–Crippen LogP) is 2.71. The number of hydrogen-bond donors (Lipinski definition) is 2. The first-order valence-electron chi connectivity index (χ1n) is 6.51. The number of phenols is 1. The van der Waals surface area contributed by atoms with Gasteiger partial charge in [0.1, 0.15) is 5.75 Å². The highest BCUT2D eigenvalue weighted by Gasteiger charge is 2.07. The van der Waals surface area contributed by atoms with E-state index in [0.29, 0.717) is 21.2 Å². The molecule has 0 aliphatic carbocycles. The number of nitrogens with one attached hydrogen (secondary N) is 1. The summed E-state index contributed by atoms with van der Waals surface area (Å²) in [5.41, 5.74) is 3.88. The topological polar surface area (TPSA) is 88.0 Å². The van der Waals surface area contributed by atoms with Crippen molar-refractivity contribution in [3.05, 3.63) is 63.6 Å². The molecule has 0 bridgehead atoms. The highest BCUT2D eigenvalue weighted by Crippen LogP contribution is 2.24. The van der Waals surface area contributed by atoms with Gasteiger partial charge in [0, 0.05) is 5.56 Å². The summed E-state index contributed by atoms with van der Waals surface area (Å²) in [6.07, 6.45) is 1.45. The van der Waals surface area contributed by atoms with Crippen LogP contribution in [0.15, 0.2) is 52.0 Å². The van der Waals surface area contributed by atoms with Crippen molar-refractivity contribution in [2.24, 2.45) is 5.10 Å². The fraction of sp³-hybridized carbons (Fsp3) is 0.0625. The Morgan fingerprint density at radius 3 is 2.43 bits per heavy atom. The van der Waals surface area contributed by atoms with Crippen LogP contribution in [0.3, 0.4) is 0 Å². The maximum atomic E-state index is 11.9. The predicted molar refractivity (Wildman–Crippen MR) is 88.6 cm³/mol. The molecule has 1 amide bonds. The van der Waals surface area contributed by atoms with E-state index in [-0.39, 0.29) is 5.75 Å². The van der Waals surface area contributed by atoms with Crippen LogP contribution < -0.4 is 5.43 Å². The molecule has 118 valence electrons. The molecule has 7 heteroatoms. The number of nitrogens with zero attached hydrogens (tertiary/aromatic N) is 1. The second-order valence-electron chi connectivity index (χ2n) is 4.48. The fourth-order valence-electron chi connectivity index (χ4n) is 1.70. The Morgan fingerprint density at radius 2 is 1.83 bits per heavy atom. The van der Waals surface area contributed by atoms with Crippen molar-refractivity contribution in [2.75, 3.05) is 7.11 Å². The first-order valence-corrected chi connectivity index (χ1v) is 7.31. The molecule has 0 fully saturated rings. The minimum Gasteiger partial charge on any atom is -0.507 e. The Kier molecular flexibility index (Phi) is 5.48. The zero-order valence-corrected chi connectivity index (χ0v) is 13.7. The van der Waals surface area contributed by atoms with Crippen LogP contribution in [0.25, 0.3) is 0 Å². The van der Waals surface area contributed by atoms with E-state index >= 15 is 0 Å². The number of amides is 1. The van der Waals surface area contributed by atoms with Gasteiger partial charge >= 0.3 is 5.97 Å². The van der Waals surface area contributed by atoms with Crippen LogP contribution in [0, 0.1) is 0 Å². The lowest BCUT2D eigenvalue weighted by Crippen LogP contribution is -2.17. The standard InChI is InChI=1S/C16H13BrN2O4/c1-23-16(22)11-4-2-10(3-5-11)9-18-19-15(21)12-6-7-14(20)13(17)8-12/h2-9,20H,1H3,(H,19,21)/b18-9+. The molecule has 0 unspecified atom stereocenters. The van der Waals surface area contributed by atoms with Crippen LogP contribution >= 0.6 is 15.9 Å². The van der Waals surface area contributed by atoms with Gasteiger partial charge in [0.2, 0.25) is 0 Å². The van der Waals surface area contributed by atoms with E-state index in [2.05, 4.69) is 31.2 Å². The second kappa shape index (κ2) is 7.55. The lowest BCUT2D eigenvalue weighted by molar-refractivity contribution is 0.0600. The fourth-order valence-corrected chi connectivity index (χ4v) is 2.08. The van der Waals surface area contributed by atoms with E-state index in [1.165, 1.54) is 31.5 Å². The third-order valence-corrected chi connectivity index (χ3v) is 3.56. The second-order valence-corrected chi connectivity index (χ2v) is 5.33. The number of benzene rings is 2. The first-order chi connectivity index (χ1) is 11.0. The summed E-state index contributed by atoms with van der Waals surface area (Å²) in [6.45, 7) is 0. The Morgan fingerprint density at radius 1 is 1.17 bits per heavy atom. The lowest BCUT2D eigenvalue weighted by atomic mass is 10.1. The minimum absolute atomic E-state index is 0.0516. The Bertz CT molecular complexity index is 757. The largest absolute Gasteiger partial charge is 0.507 e. The van der Waals surface area contributed by atoms with Crippen LogP contribution in [0.4, 0.5) is 0 Å². The summed E-state index contributed by atoms with van der Waals surface area (Å²) < 4.78 is 5.03. The molecule has 2 rings (SSSR count). The minimum atomic E-state index is -0.417. The average molecular weight is 377 g/mol. The van der Waals surface area contributed by atoms with Crippen molar-refractivity contribution in [1.29, 1.82) is 0 Å². The monoisotopic (exact) mass is 376 g/mol. The molecule has 2 aromatic rings.